The fraction of sp³-hybridized carbons (Fsp3) is 0.571. The summed E-state index contributed by atoms with van der Waals surface area (Å²) in [4.78, 5) is 38.2. The van der Waals surface area contributed by atoms with Gasteiger partial charge in [0.1, 0.15) is 0 Å². The Kier molecular flexibility index (Phi) is 5.82. The molecule has 0 spiro atoms. The van der Waals surface area contributed by atoms with Crippen molar-refractivity contribution in [2.75, 3.05) is 17.2 Å². The second kappa shape index (κ2) is 8.11. The van der Waals surface area contributed by atoms with Gasteiger partial charge in [-0.1, -0.05) is 26.7 Å². The zero-order valence-corrected chi connectivity index (χ0v) is 16.3. The van der Waals surface area contributed by atoms with Crippen LogP contribution in [0.1, 0.15) is 46.5 Å². The molecule has 1 saturated heterocycles. The third-order valence-electron chi connectivity index (χ3n) is 6.07. The lowest BCUT2D eigenvalue weighted by Crippen LogP contribution is -2.45. The molecule has 2 aliphatic rings. The van der Waals surface area contributed by atoms with Gasteiger partial charge in [0.25, 0.3) is 0 Å². The van der Waals surface area contributed by atoms with Crippen molar-refractivity contribution >= 4 is 29.1 Å². The van der Waals surface area contributed by atoms with Gasteiger partial charge in [-0.2, -0.15) is 0 Å². The number of hydrogen-bond donors (Lipinski definition) is 2. The molecule has 1 aromatic rings. The first-order valence-electron chi connectivity index (χ1n) is 9.83. The van der Waals surface area contributed by atoms with Gasteiger partial charge in [0.05, 0.1) is 5.92 Å². The van der Waals surface area contributed by atoms with Crippen LogP contribution in [0.15, 0.2) is 24.3 Å². The van der Waals surface area contributed by atoms with Crippen LogP contribution in [0.3, 0.4) is 0 Å². The Bertz CT molecular complexity index is 716. The van der Waals surface area contributed by atoms with Gasteiger partial charge in [-0.05, 0) is 42.5 Å². The summed E-state index contributed by atoms with van der Waals surface area (Å²) >= 11 is 0. The van der Waals surface area contributed by atoms with Crippen molar-refractivity contribution < 1.29 is 14.4 Å². The summed E-state index contributed by atoms with van der Waals surface area (Å²) in [6, 6.07) is 7.25. The average molecular weight is 371 g/mol. The smallest absolute Gasteiger partial charge is 0.229 e. The second-order valence-electron chi connectivity index (χ2n) is 8.03. The van der Waals surface area contributed by atoms with E-state index in [0.29, 0.717) is 29.8 Å². The number of carbonyl (C=O) groups excluding carboxylic acids is 3. The molecule has 3 amide bonds. The Morgan fingerprint density at radius 2 is 1.67 bits per heavy atom. The molecule has 1 saturated carbocycles. The van der Waals surface area contributed by atoms with Crippen molar-refractivity contribution in [1.82, 2.24) is 4.90 Å². The van der Waals surface area contributed by atoms with Crippen molar-refractivity contribution in [1.29, 1.82) is 0 Å². The van der Waals surface area contributed by atoms with Gasteiger partial charge < -0.3 is 15.5 Å². The van der Waals surface area contributed by atoms with Gasteiger partial charge in [0, 0.05) is 37.3 Å². The summed E-state index contributed by atoms with van der Waals surface area (Å²) in [5.41, 5.74) is 1.35. The van der Waals surface area contributed by atoms with Crippen LogP contribution in [0.4, 0.5) is 11.4 Å². The van der Waals surface area contributed by atoms with Crippen LogP contribution >= 0.6 is 0 Å². The molecule has 1 aliphatic carbocycles. The van der Waals surface area contributed by atoms with Gasteiger partial charge in [0.15, 0.2) is 0 Å². The van der Waals surface area contributed by atoms with Crippen molar-refractivity contribution in [3.8, 4) is 0 Å². The highest BCUT2D eigenvalue weighted by Gasteiger charge is 2.41. The normalized spacial score (nSPS) is 28.1. The summed E-state index contributed by atoms with van der Waals surface area (Å²) in [6.07, 6.45) is 3.69. The molecule has 27 heavy (non-hydrogen) atoms. The molecule has 6 heteroatoms. The van der Waals surface area contributed by atoms with Gasteiger partial charge in [-0.25, -0.2) is 0 Å². The van der Waals surface area contributed by atoms with E-state index < -0.39 is 0 Å². The highest BCUT2D eigenvalue weighted by Crippen LogP contribution is 2.36. The van der Waals surface area contributed by atoms with Crippen LogP contribution in [0, 0.1) is 17.8 Å². The van der Waals surface area contributed by atoms with E-state index in [1.54, 1.807) is 24.3 Å². The third-order valence-corrected chi connectivity index (χ3v) is 6.07. The number of likely N-dealkylation sites (tertiary alicyclic amines) is 1. The lowest BCUT2D eigenvalue weighted by Gasteiger charge is -2.40. The minimum Gasteiger partial charge on any atom is -0.339 e. The first-order chi connectivity index (χ1) is 12.8. The Morgan fingerprint density at radius 3 is 2.30 bits per heavy atom. The topological polar surface area (TPSA) is 78.5 Å². The SMILES string of the molecule is CC(=O)Nc1ccc(NC(=O)[C@@H]2CC(=O)N([C@@H]3CCC[C@H](C)[C@H]3C)C2)cc1. The van der Waals surface area contributed by atoms with E-state index >= 15 is 0 Å². The Balaban J connectivity index is 1.59. The molecule has 4 atom stereocenters. The minimum absolute atomic E-state index is 0.0992. The maximum absolute atomic E-state index is 12.6. The fourth-order valence-electron chi connectivity index (χ4n) is 4.31. The van der Waals surface area contributed by atoms with Gasteiger partial charge >= 0.3 is 0 Å². The zero-order valence-electron chi connectivity index (χ0n) is 16.3. The summed E-state index contributed by atoms with van der Waals surface area (Å²) in [6.45, 7) is 6.45. The number of carbonyl (C=O) groups is 3. The number of hydrogen-bond acceptors (Lipinski definition) is 3. The van der Waals surface area contributed by atoms with Crippen LogP contribution in [-0.4, -0.2) is 35.2 Å². The minimum atomic E-state index is -0.308. The summed E-state index contributed by atoms with van der Waals surface area (Å²) in [5, 5.41) is 5.59. The molecule has 0 radical (unpaired) electrons. The standard InChI is InChI=1S/C21H29N3O3/c1-13-5-4-6-19(14(13)2)24-12-16(11-20(24)26)21(27)23-18-9-7-17(8-10-18)22-15(3)25/h7-10,13-14,16,19H,4-6,11-12H2,1-3H3,(H,22,25)(H,23,27)/t13-,14+,16+,19+/m0/s1. The molecule has 2 N–H and O–H groups in total. The van der Waals surface area contributed by atoms with E-state index in [9.17, 15) is 14.4 Å². The van der Waals surface area contributed by atoms with Crippen molar-refractivity contribution in [3.05, 3.63) is 24.3 Å². The molecule has 2 fully saturated rings. The zero-order chi connectivity index (χ0) is 19.6. The predicted molar refractivity (Wildman–Crippen MR) is 105 cm³/mol. The maximum atomic E-state index is 12.6. The van der Waals surface area contributed by atoms with Crippen LogP contribution in [0.2, 0.25) is 0 Å². The monoisotopic (exact) mass is 371 g/mol. The highest BCUT2D eigenvalue weighted by molar-refractivity contribution is 5.97. The van der Waals surface area contributed by atoms with E-state index in [0.717, 1.165) is 12.8 Å². The Hall–Kier alpha value is -2.37. The first kappa shape index (κ1) is 19.4. The van der Waals surface area contributed by atoms with Crippen molar-refractivity contribution in [3.63, 3.8) is 0 Å². The van der Waals surface area contributed by atoms with E-state index in [4.69, 9.17) is 0 Å². The molecule has 0 bridgehead atoms. The lowest BCUT2D eigenvalue weighted by molar-refractivity contribution is -0.131. The summed E-state index contributed by atoms with van der Waals surface area (Å²) < 4.78 is 0. The number of rotatable bonds is 4. The second-order valence-corrected chi connectivity index (χ2v) is 8.03. The lowest BCUT2D eigenvalue weighted by atomic mass is 9.77. The van der Waals surface area contributed by atoms with Crippen molar-refractivity contribution in [2.24, 2.45) is 17.8 Å². The van der Waals surface area contributed by atoms with E-state index in [1.807, 2.05) is 4.90 Å². The van der Waals surface area contributed by atoms with Crippen LogP contribution in [0.25, 0.3) is 0 Å². The summed E-state index contributed by atoms with van der Waals surface area (Å²) in [7, 11) is 0. The van der Waals surface area contributed by atoms with E-state index in [1.165, 1.54) is 13.3 Å². The van der Waals surface area contributed by atoms with Crippen LogP contribution in [-0.2, 0) is 14.4 Å². The third kappa shape index (κ3) is 4.49. The Morgan fingerprint density at radius 1 is 1.04 bits per heavy atom. The fourth-order valence-corrected chi connectivity index (χ4v) is 4.31. The quantitative estimate of drug-likeness (QED) is 0.853. The predicted octanol–water partition coefficient (Wildman–Crippen LogP) is 3.26. The molecule has 0 aromatic heterocycles. The van der Waals surface area contributed by atoms with Crippen LogP contribution < -0.4 is 10.6 Å². The van der Waals surface area contributed by atoms with Crippen LogP contribution in [0.5, 0.6) is 0 Å². The number of anilines is 2. The molecule has 6 nitrogen and oxygen atoms in total. The average Bonchev–Trinajstić information content (AvgIpc) is 3.00. The number of benzene rings is 1. The molecule has 1 aliphatic heterocycles. The molecule has 1 aromatic carbocycles. The molecular formula is C21H29N3O3. The number of amides is 3. The molecular weight excluding hydrogens is 342 g/mol. The highest BCUT2D eigenvalue weighted by atomic mass is 16.2. The molecule has 3 rings (SSSR count). The maximum Gasteiger partial charge on any atom is 0.229 e. The number of nitrogens with one attached hydrogen (secondary N) is 2. The van der Waals surface area contributed by atoms with Gasteiger partial charge in [0.2, 0.25) is 17.7 Å². The van der Waals surface area contributed by atoms with E-state index in [2.05, 4.69) is 24.5 Å². The first-order valence-corrected chi connectivity index (χ1v) is 9.83. The molecule has 0 unspecified atom stereocenters. The van der Waals surface area contributed by atoms with Gasteiger partial charge in [-0.15, -0.1) is 0 Å². The largest absolute Gasteiger partial charge is 0.339 e. The summed E-state index contributed by atoms with van der Waals surface area (Å²) in [5.74, 6) is 0.633. The van der Waals surface area contributed by atoms with E-state index in [-0.39, 0.29) is 36.1 Å². The molecule has 146 valence electrons. The van der Waals surface area contributed by atoms with Crippen molar-refractivity contribution in [2.45, 2.75) is 52.5 Å². The number of nitrogens with zero attached hydrogens (tertiary/aromatic N) is 1. The molecule has 1 heterocycles. The Labute approximate surface area is 160 Å². The van der Waals surface area contributed by atoms with Gasteiger partial charge in [-0.3, -0.25) is 14.4 Å².